The zero-order valence-electron chi connectivity index (χ0n) is 10.2. The third-order valence-corrected chi connectivity index (χ3v) is 3.91. The molecule has 1 N–H and O–H groups in total. The highest BCUT2D eigenvalue weighted by Gasteiger charge is 2.25. The standard InChI is InChI=1S/C14H6Cl4O3/c15-6-1-2-8(16)7(5-6)13(19)11-9(17)3-4-10(18)12(11)14(20)21/h1-5H,(H,20,21)/i1+2,2+2,5+2,6+2,7+2,8+2. The van der Waals surface area contributed by atoms with Crippen LogP contribution in [0.3, 0.4) is 0 Å². The summed E-state index contributed by atoms with van der Waals surface area (Å²) in [6.07, 6.45) is 0. The average molecular weight is 376 g/mol. The Hall–Kier alpha value is -1.26. The summed E-state index contributed by atoms with van der Waals surface area (Å²) in [6, 6.07) is 6.95. The summed E-state index contributed by atoms with van der Waals surface area (Å²) in [7, 11) is 0. The van der Waals surface area contributed by atoms with Crippen LogP contribution in [0, 0.1) is 0 Å². The van der Waals surface area contributed by atoms with E-state index in [-0.39, 0.29) is 36.8 Å². The van der Waals surface area contributed by atoms with Crippen LogP contribution in [0.15, 0.2) is 30.3 Å². The van der Waals surface area contributed by atoms with Crippen LogP contribution in [0.4, 0.5) is 0 Å². The Kier molecular flexibility index (Phi) is 4.79. The quantitative estimate of drug-likeness (QED) is 0.747. The van der Waals surface area contributed by atoms with Crippen LogP contribution in [-0.4, -0.2) is 16.9 Å². The lowest BCUT2D eigenvalue weighted by Crippen LogP contribution is -2.12. The molecule has 0 aliphatic carbocycles. The molecule has 0 amide bonds. The van der Waals surface area contributed by atoms with Crippen molar-refractivity contribution in [2.24, 2.45) is 0 Å². The zero-order valence-corrected chi connectivity index (χ0v) is 13.2. The minimum absolute atomic E-state index is 0.0298. The molecule has 2 aromatic rings. The van der Waals surface area contributed by atoms with Gasteiger partial charge in [-0.15, -0.1) is 0 Å². The molecule has 21 heavy (non-hydrogen) atoms. The number of carboxylic acid groups (broad SMARTS) is 1. The van der Waals surface area contributed by atoms with Crippen molar-refractivity contribution in [1.29, 1.82) is 0 Å². The number of aromatic carboxylic acids is 1. The zero-order chi connectivity index (χ0) is 15.7. The second-order valence-electron chi connectivity index (χ2n) is 4.04. The third kappa shape index (κ3) is 3.16. The molecule has 0 bridgehead atoms. The maximum absolute atomic E-state index is 12.6. The summed E-state index contributed by atoms with van der Waals surface area (Å²) in [5, 5.41) is 9.54. The van der Waals surface area contributed by atoms with Crippen molar-refractivity contribution in [2.75, 3.05) is 0 Å². The van der Waals surface area contributed by atoms with Crippen molar-refractivity contribution >= 4 is 58.2 Å². The molecule has 0 fully saturated rings. The molecular weight excluding hydrogens is 370 g/mol. The molecular formula is C14H6Cl4O3. The third-order valence-electron chi connectivity index (χ3n) is 2.72. The van der Waals surface area contributed by atoms with Gasteiger partial charge in [0, 0.05) is 10.6 Å². The molecule has 0 saturated carbocycles. The highest BCUT2D eigenvalue weighted by Crippen LogP contribution is 2.31. The number of hydrogen-bond donors (Lipinski definition) is 1. The van der Waals surface area contributed by atoms with E-state index in [1.54, 1.807) is 0 Å². The van der Waals surface area contributed by atoms with Gasteiger partial charge in [-0.25, -0.2) is 4.79 Å². The van der Waals surface area contributed by atoms with E-state index in [1.807, 2.05) is 0 Å². The molecule has 0 saturated heterocycles. The first-order chi connectivity index (χ1) is 9.82. The number of carboxylic acids is 1. The Morgan fingerprint density at radius 1 is 1.05 bits per heavy atom. The first-order valence-electron chi connectivity index (χ1n) is 5.54. The summed E-state index contributed by atoms with van der Waals surface area (Å²) >= 11 is 23.6. The summed E-state index contributed by atoms with van der Waals surface area (Å²) < 4.78 is 0. The van der Waals surface area contributed by atoms with Crippen molar-refractivity contribution in [3.63, 3.8) is 0 Å². The fourth-order valence-corrected chi connectivity index (χ4v) is 2.65. The van der Waals surface area contributed by atoms with Crippen molar-refractivity contribution in [3.05, 3.63) is 67.1 Å². The highest BCUT2D eigenvalue weighted by molar-refractivity contribution is 6.42. The lowest BCUT2D eigenvalue weighted by molar-refractivity contribution is 0.0693. The lowest BCUT2D eigenvalue weighted by atomic mass is 10.1. The van der Waals surface area contributed by atoms with E-state index in [9.17, 15) is 14.7 Å². The summed E-state index contributed by atoms with van der Waals surface area (Å²) in [4.78, 5) is 23.9. The fourth-order valence-electron chi connectivity index (χ4n) is 1.79. The smallest absolute Gasteiger partial charge is 0.338 e. The maximum Gasteiger partial charge on any atom is 0.338 e. The van der Waals surface area contributed by atoms with Crippen LogP contribution in [0.25, 0.3) is 0 Å². The Morgan fingerprint density at radius 2 is 1.62 bits per heavy atom. The minimum Gasteiger partial charge on any atom is -0.478 e. The van der Waals surface area contributed by atoms with E-state index in [4.69, 9.17) is 46.4 Å². The topological polar surface area (TPSA) is 54.4 Å². The van der Waals surface area contributed by atoms with Gasteiger partial charge in [-0.2, -0.15) is 0 Å². The molecule has 0 unspecified atom stereocenters. The fraction of sp³-hybridized carbons (Fsp3) is 0. The Labute approximate surface area is 140 Å². The van der Waals surface area contributed by atoms with Gasteiger partial charge in [-0.1, -0.05) is 46.4 Å². The molecule has 2 aromatic carbocycles. The maximum atomic E-state index is 12.6. The largest absolute Gasteiger partial charge is 0.478 e. The Balaban J connectivity index is 2.72. The van der Waals surface area contributed by atoms with Gasteiger partial charge in [0.15, 0.2) is 5.78 Å². The van der Waals surface area contributed by atoms with Crippen LogP contribution >= 0.6 is 46.4 Å². The molecule has 0 heterocycles. The van der Waals surface area contributed by atoms with E-state index < -0.39 is 11.8 Å². The van der Waals surface area contributed by atoms with Crippen LogP contribution in [-0.2, 0) is 0 Å². The van der Waals surface area contributed by atoms with Crippen LogP contribution in [0.5, 0.6) is 0 Å². The molecule has 7 heteroatoms. The van der Waals surface area contributed by atoms with Crippen LogP contribution < -0.4 is 0 Å². The SMILES string of the molecule is O=C(O)c1c(Cl)ccc(Cl)c1C(=O)[14c]1[14cH][14c](Cl)[14cH][14cH][14c]1Cl. The average Bonchev–Trinajstić information content (AvgIpc) is 2.42. The van der Waals surface area contributed by atoms with Crippen molar-refractivity contribution < 1.29 is 14.7 Å². The summed E-state index contributed by atoms with van der Waals surface area (Å²) in [6.45, 7) is 0. The number of halogens is 4. The van der Waals surface area contributed by atoms with Gasteiger partial charge in [0.25, 0.3) is 0 Å². The molecule has 0 aliphatic heterocycles. The second-order valence-corrected chi connectivity index (χ2v) is 5.70. The number of rotatable bonds is 3. The van der Waals surface area contributed by atoms with Crippen molar-refractivity contribution in [2.45, 2.75) is 0 Å². The van der Waals surface area contributed by atoms with E-state index >= 15 is 0 Å². The molecule has 0 aromatic heterocycles. The molecule has 108 valence electrons. The first kappa shape index (κ1) is 16.1. The Bertz CT molecular complexity index is 756. The van der Waals surface area contributed by atoms with E-state index in [1.165, 1.54) is 30.3 Å². The van der Waals surface area contributed by atoms with Crippen molar-refractivity contribution in [1.82, 2.24) is 0 Å². The van der Waals surface area contributed by atoms with Gasteiger partial charge in [-0.3, -0.25) is 4.79 Å². The molecule has 0 atom stereocenters. The monoisotopic (exact) mass is 374 g/mol. The minimum atomic E-state index is -1.36. The van der Waals surface area contributed by atoms with Gasteiger partial charge in [0.2, 0.25) is 0 Å². The number of carbonyl (C=O) groups excluding carboxylic acids is 1. The van der Waals surface area contributed by atoms with Gasteiger partial charge in [0.1, 0.15) is 0 Å². The summed E-state index contributed by atoms with van der Waals surface area (Å²) in [5.41, 5.74) is -0.540. The Morgan fingerprint density at radius 3 is 2.19 bits per heavy atom. The predicted octanol–water partition coefficient (Wildman–Crippen LogP) is 5.23. The number of carbonyl (C=O) groups is 2. The van der Waals surface area contributed by atoms with Crippen LogP contribution in [0.2, 0.25) is 20.1 Å². The van der Waals surface area contributed by atoms with Gasteiger partial charge < -0.3 is 5.11 Å². The first-order valence-corrected chi connectivity index (χ1v) is 7.05. The van der Waals surface area contributed by atoms with E-state index in [2.05, 4.69) is 0 Å². The molecule has 0 spiro atoms. The normalized spacial score (nSPS) is 10.5. The predicted molar refractivity (Wildman–Crippen MR) is 83.3 cm³/mol. The molecule has 0 aliphatic rings. The van der Waals surface area contributed by atoms with Gasteiger partial charge in [0.05, 0.1) is 26.2 Å². The van der Waals surface area contributed by atoms with E-state index in [0.29, 0.717) is 0 Å². The lowest BCUT2D eigenvalue weighted by Gasteiger charge is -2.10. The van der Waals surface area contributed by atoms with E-state index in [0.717, 1.165) is 0 Å². The highest BCUT2D eigenvalue weighted by atomic mass is 35.5. The van der Waals surface area contributed by atoms with Crippen molar-refractivity contribution in [3.8, 4) is 0 Å². The van der Waals surface area contributed by atoms with Gasteiger partial charge in [-0.05, 0) is 30.3 Å². The number of benzene rings is 2. The molecule has 2 rings (SSSR count). The second kappa shape index (κ2) is 6.24. The van der Waals surface area contributed by atoms with Crippen LogP contribution in [0.1, 0.15) is 26.3 Å². The number of ketones is 1. The number of hydrogen-bond acceptors (Lipinski definition) is 2. The molecule has 3 nitrogen and oxygen atoms in total. The summed E-state index contributed by atoms with van der Waals surface area (Å²) in [5.74, 6) is -2.02. The molecule has 0 radical (unpaired) electrons. The van der Waals surface area contributed by atoms with Gasteiger partial charge >= 0.3 is 5.97 Å².